The van der Waals surface area contributed by atoms with Crippen LogP contribution in [-0.4, -0.2) is 49.9 Å². The molecular weight excluding hydrogens is 1110 g/mol. The average molecular weight is 1150 g/mol. The van der Waals surface area contributed by atoms with Crippen LogP contribution in [0, 0.1) is 0 Å². The van der Waals surface area contributed by atoms with E-state index in [0.29, 0.717) is 94.8 Å². The summed E-state index contributed by atoms with van der Waals surface area (Å²) in [6.07, 6.45) is 6.90. The number of carboxylic acid groups (broad SMARTS) is 1. The molecule has 0 spiro atoms. The van der Waals surface area contributed by atoms with Crippen molar-refractivity contribution in [3.05, 3.63) is 200 Å². The zero-order chi connectivity index (χ0) is 53.2. The van der Waals surface area contributed by atoms with Crippen molar-refractivity contribution in [1.29, 1.82) is 0 Å². The van der Waals surface area contributed by atoms with Crippen molar-refractivity contribution >= 4 is 79.9 Å². The molecule has 4 aromatic heterocycles. The molecule has 0 radical (unpaired) electrons. The van der Waals surface area contributed by atoms with Gasteiger partial charge in [0.1, 0.15) is 59.1 Å². The molecule has 4 heterocycles. The maximum Gasteiger partial charge on any atom is 1.00 e. The molecule has 2 fully saturated rings. The zero-order valence-corrected chi connectivity index (χ0v) is 47.1. The van der Waals surface area contributed by atoms with Crippen molar-refractivity contribution < 1.29 is 82.5 Å². The van der Waals surface area contributed by atoms with Crippen molar-refractivity contribution in [1.82, 2.24) is 20.3 Å². The van der Waals surface area contributed by atoms with Gasteiger partial charge in [-0.05, 0) is 132 Å². The van der Waals surface area contributed by atoms with Gasteiger partial charge in [-0.15, -0.1) is 0 Å². The number of nitrogens with zero attached hydrogens (tertiary/aromatic N) is 4. The van der Waals surface area contributed by atoms with Crippen molar-refractivity contribution in [3.63, 3.8) is 0 Å². The molecule has 0 saturated heterocycles. The Hall–Kier alpha value is -7.18. The van der Waals surface area contributed by atoms with Crippen molar-refractivity contribution in [2.45, 2.75) is 50.7 Å². The minimum Gasteiger partial charge on any atom is -0.870 e. The molecule has 0 bridgehead atoms. The first kappa shape index (κ1) is 56.5. The fourth-order valence-corrected chi connectivity index (χ4v) is 9.76. The summed E-state index contributed by atoms with van der Waals surface area (Å²) in [7, 11) is 1.33. The molecule has 79 heavy (non-hydrogen) atoms. The van der Waals surface area contributed by atoms with Gasteiger partial charge in [-0.3, -0.25) is 0 Å². The second kappa shape index (κ2) is 24.9. The fourth-order valence-electron chi connectivity index (χ4n) is 8.61. The number of aromatic carboxylic acids is 1. The van der Waals surface area contributed by atoms with Crippen LogP contribution >= 0.6 is 46.4 Å². The third-order valence-electron chi connectivity index (χ3n) is 12.9. The van der Waals surface area contributed by atoms with E-state index in [1.165, 1.54) is 31.6 Å². The predicted octanol–water partition coefficient (Wildman–Crippen LogP) is 13.2. The number of hydrogen-bond acceptors (Lipinski definition) is 14. The Bertz CT molecular complexity index is 3810. The molecule has 20 heteroatoms. The molecule has 0 amide bonds. The first-order chi connectivity index (χ1) is 37.5. The van der Waals surface area contributed by atoms with E-state index in [1.807, 2.05) is 72.8 Å². The number of methoxy groups -OCH3 is 1. The zero-order valence-electron chi connectivity index (χ0n) is 42.1. The van der Waals surface area contributed by atoms with Crippen LogP contribution in [0.5, 0.6) is 34.8 Å². The van der Waals surface area contributed by atoms with Crippen molar-refractivity contribution in [3.8, 4) is 57.3 Å². The topological polar surface area (TPSA) is 208 Å². The van der Waals surface area contributed by atoms with Gasteiger partial charge in [0.05, 0.1) is 49.5 Å². The molecule has 0 unspecified atom stereocenters. The number of carbonyl (C=O) groups is 2. The van der Waals surface area contributed by atoms with Gasteiger partial charge in [0.15, 0.2) is 0 Å². The van der Waals surface area contributed by atoms with Crippen LogP contribution in [0.3, 0.4) is 0 Å². The monoisotopic (exact) mass is 1150 g/mol. The Morgan fingerprint density at radius 3 is 1.28 bits per heavy atom. The summed E-state index contributed by atoms with van der Waals surface area (Å²) in [5, 5.41) is 23.6. The summed E-state index contributed by atoms with van der Waals surface area (Å²) in [6.45, 7) is 0.531. The van der Waals surface area contributed by atoms with Gasteiger partial charge in [-0.2, -0.15) is 0 Å². The van der Waals surface area contributed by atoms with E-state index in [-0.39, 0.29) is 53.8 Å². The van der Waals surface area contributed by atoms with Crippen LogP contribution in [0.1, 0.15) is 80.9 Å². The van der Waals surface area contributed by atoms with Gasteiger partial charge in [0, 0.05) is 47.5 Å². The summed E-state index contributed by atoms with van der Waals surface area (Å²) >= 11 is 25.9. The molecule has 0 aliphatic heterocycles. The summed E-state index contributed by atoms with van der Waals surface area (Å²) in [5.41, 5.74) is 4.68. The standard InChI is InChI=1S/C30H22Cl2N2O5.C29H20Cl2N2O5.Na.H2O/c1-36-30(35)20-9-12-26(33-15-20)38-22-11-8-18-13-21(10-7-19(18)14-22)37-16-23-28(34-39-29(23)17-5-6-17)27-24(31)3-2-4-25(27)32;30-23-2-1-3-24(31)26(23)27-22(28(38-33-27)16-4-5-16)15-36-20-9-6-18-13-21(10-7-17(18)12-20)37-25-11-8-19(14-32-25)29(34)35;;/h2-4,7-15,17H,5-6,16H2,1H3;1-3,6-14,16H,4-5,15H2,(H,34,35);;1H2/q;;+1;/p-1. The number of fused-ring (bicyclic) bond motifs is 2. The van der Waals surface area contributed by atoms with Crippen LogP contribution in [0.2, 0.25) is 20.1 Å². The summed E-state index contributed by atoms with van der Waals surface area (Å²) in [6, 6.07) is 39.9. The summed E-state index contributed by atoms with van der Waals surface area (Å²) in [5.74, 6) is 4.12. The average Bonchev–Trinajstić information content (AvgIpc) is 4.40. The fraction of sp³-hybridized carbons (Fsp3) is 0.153. The molecular formula is C59H43Cl4N4NaO11. The predicted molar refractivity (Wildman–Crippen MR) is 293 cm³/mol. The smallest absolute Gasteiger partial charge is 0.870 e. The van der Waals surface area contributed by atoms with Crippen molar-refractivity contribution in [2.75, 3.05) is 7.11 Å². The molecule has 2 aliphatic carbocycles. The molecule has 6 aromatic carbocycles. The summed E-state index contributed by atoms with van der Waals surface area (Å²) in [4.78, 5) is 30.8. The number of esters is 1. The Morgan fingerprint density at radius 2 is 0.924 bits per heavy atom. The maximum atomic E-state index is 11.6. The second-order valence-corrected chi connectivity index (χ2v) is 19.8. The number of carbonyl (C=O) groups excluding carboxylic acids is 1. The minimum atomic E-state index is -1.04. The SMILES string of the molecule is COC(=O)c1ccc(Oc2ccc3cc(OCc4c(-c5c(Cl)cccc5Cl)noc4C4CC4)ccc3c2)nc1.O=C(O)c1ccc(Oc2ccc3cc(OCc4c(-c5c(Cl)cccc5Cl)noc4C4CC4)ccc3c2)nc1.[Na+].[OH-]. The number of rotatable bonds is 16. The van der Waals surface area contributed by atoms with E-state index in [4.69, 9.17) is 84.2 Å². The van der Waals surface area contributed by atoms with Crippen LogP contribution in [0.4, 0.5) is 0 Å². The molecule has 0 atom stereocenters. The summed E-state index contributed by atoms with van der Waals surface area (Å²) < 4.78 is 40.2. The number of aromatic nitrogens is 4. The number of ether oxygens (including phenoxy) is 5. The Balaban J connectivity index is 0.000000187. The molecule has 2 N–H and O–H groups in total. The van der Waals surface area contributed by atoms with E-state index in [2.05, 4.69) is 20.3 Å². The van der Waals surface area contributed by atoms with Gasteiger partial charge >= 0.3 is 41.5 Å². The van der Waals surface area contributed by atoms with Gasteiger partial charge in [0.25, 0.3) is 0 Å². The molecule has 2 aliphatic rings. The number of pyridine rings is 2. The molecule has 15 nitrogen and oxygen atoms in total. The van der Waals surface area contributed by atoms with E-state index in [0.717, 1.165) is 69.9 Å². The van der Waals surface area contributed by atoms with Crippen LogP contribution in [0.25, 0.3) is 44.1 Å². The molecule has 12 rings (SSSR count). The van der Waals surface area contributed by atoms with Crippen molar-refractivity contribution in [2.24, 2.45) is 0 Å². The van der Waals surface area contributed by atoms with Crippen LogP contribution in [-0.2, 0) is 18.0 Å². The van der Waals surface area contributed by atoms with Gasteiger partial charge in [-0.25, -0.2) is 19.6 Å². The van der Waals surface area contributed by atoms with E-state index < -0.39 is 11.9 Å². The van der Waals surface area contributed by atoms with E-state index in [9.17, 15) is 9.59 Å². The molecule has 2 saturated carbocycles. The third kappa shape index (κ3) is 13.0. The van der Waals surface area contributed by atoms with E-state index >= 15 is 0 Å². The largest absolute Gasteiger partial charge is 1.00 e. The van der Waals surface area contributed by atoms with Gasteiger partial charge < -0.3 is 43.3 Å². The Kier molecular flexibility index (Phi) is 17.8. The number of carboxylic acids is 1. The number of hydrogen-bond donors (Lipinski definition) is 1. The van der Waals surface area contributed by atoms with Crippen LogP contribution < -0.4 is 48.5 Å². The van der Waals surface area contributed by atoms with Gasteiger partial charge in [0.2, 0.25) is 11.8 Å². The number of halogens is 4. The second-order valence-electron chi connectivity index (χ2n) is 18.2. The maximum absolute atomic E-state index is 11.6. The normalized spacial score (nSPS) is 12.6. The number of benzene rings is 6. The molecule has 10 aromatic rings. The van der Waals surface area contributed by atoms with Gasteiger partial charge in [-0.1, -0.05) is 93.1 Å². The Morgan fingerprint density at radius 1 is 0.544 bits per heavy atom. The quantitative estimate of drug-likeness (QED) is 0.0705. The Labute approximate surface area is 493 Å². The minimum absolute atomic E-state index is 0. The molecule has 394 valence electrons. The van der Waals surface area contributed by atoms with Crippen LogP contribution in [0.15, 0.2) is 155 Å². The van der Waals surface area contributed by atoms with E-state index in [1.54, 1.807) is 48.5 Å². The first-order valence-electron chi connectivity index (χ1n) is 24.2. The first-order valence-corrected chi connectivity index (χ1v) is 25.8. The third-order valence-corrected chi connectivity index (χ3v) is 14.1.